The summed E-state index contributed by atoms with van der Waals surface area (Å²) in [6, 6.07) is 6.99. The lowest BCUT2D eigenvalue weighted by Gasteiger charge is -2.36. The second-order valence-corrected chi connectivity index (χ2v) is 6.99. The Balaban J connectivity index is 2.24. The molecule has 3 heteroatoms. The van der Waals surface area contributed by atoms with Crippen molar-refractivity contribution in [1.82, 2.24) is 0 Å². The molecular formula is C12H16BrNS. The predicted molar refractivity (Wildman–Crippen MR) is 71.7 cm³/mol. The van der Waals surface area contributed by atoms with E-state index in [0.29, 0.717) is 11.5 Å². The van der Waals surface area contributed by atoms with Gasteiger partial charge < -0.3 is 5.32 Å². The van der Waals surface area contributed by atoms with Gasteiger partial charge in [-0.1, -0.05) is 36.7 Å². The van der Waals surface area contributed by atoms with E-state index in [-0.39, 0.29) is 0 Å². The molecule has 1 heterocycles. The predicted octanol–water partition coefficient (Wildman–Crippen LogP) is 4.38. The van der Waals surface area contributed by atoms with Crippen LogP contribution < -0.4 is 5.32 Å². The van der Waals surface area contributed by atoms with Gasteiger partial charge in [0.1, 0.15) is 0 Å². The van der Waals surface area contributed by atoms with E-state index >= 15 is 0 Å². The molecule has 0 aliphatic carbocycles. The highest BCUT2D eigenvalue weighted by Crippen LogP contribution is 2.39. The zero-order valence-corrected chi connectivity index (χ0v) is 11.7. The van der Waals surface area contributed by atoms with Crippen molar-refractivity contribution in [2.45, 2.75) is 31.7 Å². The van der Waals surface area contributed by atoms with Crippen LogP contribution in [0.25, 0.3) is 0 Å². The summed E-state index contributed by atoms with van der Waals surface area (Å²) in [6.45, 7) is 6.86. The monoisotopic (exact) mass is 285 g/mol. The van der Waals surface area contributed by atoms with Gasteiger partial charge in [0.15, 0.2) is 0 Å². The molecule has 1 atom stereocenters. The smallest absolute Gasteiger partial charge is 0.0481 e. The minimum atomic E-state index is 0.317. The maximum Gasteiger partial charge on any atom is 0.0481 e. The SMILES string of the molecule is CC(C)(C)C1CSc2cc(Br)ccc2N1. The van der Waals surface area contributed by atoms with Gasteiger partial charge in [0, 0.05) is 26.9 Å². The Labute approximate surface area is 104 Å². The first-order valence-corrected chi connectivity index (χ1v) is 6.93. The van der Waals surface area contributed by atoms with Gasteiger partial charge in [-0.05, 0) is 23.6 Å². The number of benzene rings is 1. The first-order valence-electron chi connectivity index (χ1n) is 5.16. The molecule has 0 spiro atoms. The van der Waals surface area contributed by atoms with E-state index in [1.165, 1.54) is 10.6 Å². The number of halogens is 1. The zero-order valence-electron chi connectivity index (χ0n) is 9.30. The number of rotatable bonds is 0. The summed E-state index contributed by atoms with van der Waals surface area (Å²) >= 11 is 5.45. The molecule has 0 saturated heterocycles. The van der Waals surface area contributed by atoms with Crippen molar-refractivity contribution in [1.29, 1.82) is 0 Å². The molecule has 0 aromatic heterocycles. The molecule has 1 N–H and O–H groups in total. The quantitative estimate of drug-likeness (QED) is 0.759. The van der Waals surface area contributed by atoms with E-state index in [1.54, 1.807) is 0 Å². The molecular weight excluding hydrogens is 270 g/mol. The molecule has 1 aromatic rings. The molecule has 0 bridgehead atoms. The van der Waals surface area contributed by atoms with Crippen LogP contribution in [0.5, 0.6) is 0 Å². The van der Waals surface area contributed by atoms with Crippen LogP contribution in [0.1, 0.15) is 20.8 Å². The average molecular weight is 286 g/mol. The van der Waals surface area contributed by atoms with Crippen molar-refractivity contribution in [2.24, 2.45) is 5.41 Å². The third-order valence-electron chi connectivity index (χ3n) is 2.72. The summed E-state index contributed by atoms with van der Waals surface area (Å²) < 4.78 is 1.16. The van der Waals surface area contributed by atoms with Crippen LogP contribution in [-0.4, -0.2) is 11.8 Å². The summed E-state index contributed by atoms with van der Waals surface area (Å²) in [5.41, 5.74) is 1.59. The molecule has 1 nitrogen and oxygen atoms in total. The Morgan fingerprint density at radius 2 is 2.13 bits per heavy atom. The lowest BCUT2D eigenvalue weighted by atomic mass is 9.87. The molecule has 15 heavy (non-hydrogen) atoms. The number of hydrogen-bond donors (Lipinski definition) is 1. The van der Waals surface area contributed by atoms with Crippen LogP contribution in [0.4, 0.5) is 5.69 Å². The Morgan fingerprint density at radius 1 is 1.40 bits per heavy atom. The maximum absolute atomic E-state index is 3.62. The van der Waals surface area contributed by atoms with Gasteiger partial charge in [0.25, 0.3) is 0 Å². The zero-order chi connectivity index (χ0) is 11.1. The Kier molecular flexibility index (Phi) is 3.04. The summed E-state index contributed by atoms with van der Waals surface area (Å²) in [5, 5.41) is 3.62. The second kappa shape index (κ2) is 4.02. The summed E-state index contributed by atoms with van der Waals surface area (Å²) in [6.07, 6.45) is 0. The summed E-state index contributed by atoms with van der Waals surface area (Å²) in [4.78, 5) is 1.35. The van der Waals surface area contributed by atoms with Crippen LogP contribution in [0.15, 0.2) is 27.6 Å². The van der Waals surface area contributed by atoms with Crippen molar-refractivity contribution in [2.75, 3.05) is 11.1 Å². The molecule has 1 aliphatic rings. The Bertz CT molecular complexity index is 370. The minimum Gasteiger partial charge on any atom is -0.380 e. The van der Waals surface area contributed by atoms with Crippen LogP contribution in [0, 0.1) is 5.41 Å². The van der Waals surface area contributed by atoms with Crippen LogP contribution in [-0.2, 0) is 0 Å². The number of fused-ring (bicyclic) bond motifs is 1. The Hall–Kier alpha value is -0.150. The van der Waals surface area contributed by atoms with Crippen molar-refractivity contribution in [3.63, 3.8) is 0 Å². The van der Waals surface area contributed by atoms with Crippen molar-refractivity contribution in [3.8, 4) is 0 Å². The topological polar surface area (TPSA) is 12.0 Å². The van der Waals surface area contributed by atoms with E-state index in [4.69, 9.17) is 0 Å². The van der Waals surface area contributed by atoms with E-state index < -0.39 is 0 Å². The van der Waals surface area contributed by atoms with Gasteiger partial charge >= 0.3 is 0 Å². The van der Waals surface area contributed by atoms with Crippen molar-refractivity contribution >= 4 is 33.4 Å². The molecule has 0 saturated carbocycles. The number of hydrogen-bond acceptors (Lipinski definition) is 2. The lowest BCUT2D eigenvalue weighted by molar-refractivity contribution is 0.362. The number of anilines is 1. The minimum absolute atomic E-state index is 0.317. The third kappa shape index (κ3) is 2.51. The molecule has 1 aliphatic heterocycles. The van der Waals surface area contributed by atoms with Crippen LogP contribution in [0.2, 0.25) is 0 Å². The van der Waals surface area contributed by atoms with E-state index in [1.807, 2.05) is 11.8 Å². The first kappa shape index (κ1) is 11.3. The van der Waals surface area contributed by atoms with Gasteiger partial charge in [-0.25, -0.2) is 0 Å². The molecule has 2 rings (SSSR count). The molecule has 82 valence electrons. The largest absolute Gasteiger partial charge is 0.380 e. The fraction of sp³-hybridized carbons (Fsp3) is 0.500. The average Bonchev–Trinajstić information content (AvgIpc) is 2.15. The molecule has 0 amide bonds. The van der Waals surface area contributed by atoms with Gasteiger partial charge in [-0.3, -0.25) is 0 Å². The van der Waals surface area contributed by atoms with E-state index in [0.717, 1.165) is 10.2 Å². The highest BCUT2D eigenvalue weighted by Gasteiger charge is 2.28. The highest BCUT2D eigenvalue weighted by molar-refractivity contribution is 9.10. The lowest BCUT2D eigenvalue weighted by Crippen LogP contribution is -2.38. The molecule has 0 fully saturated rings. The Morgan fingerprint density at radius 3 is 2.80 bits per heavy atom. The standard InChI is InChI=1S/C12H16BrNS/c1-12(2,3)11-7-15-10-6-8(13)4-5-9(10)14-11/h4-6,11,14H,7H2,1-3H3. The fourth-order valence-corrected chi connectivity index (χ4v) is 3.54. The van der Waals surface area contributed by atoms with Gasteiger partial charge in [0.05, 0.1) is 0 Å². The summed E-state index contributed by atoms with van der Waals surface area (Å²) in [7, 11) is 0. The fourth-order valence-electron chi connectivity index (χ4n) is 1.60. The van der Waals surface area contributed by atoms with E-state index in [2.05, 4.69) is 60.2 Å². The summed E-state index contributed by atoms with van der Waals surface area (Å²) in [5.74, 6) is 1.15. The van der Waals surface area contributed by atoms with Gasteiger partial charge in [0.2, 0.25) is 0 Å². The van der Waals surface area contributed by atoms with Crippen molar-refractivity contribution in [3.05, 3.63) is 22.7 Å². The second-order valence-electron chi connectivity index (χ2n) is 5.01. The molecule has 0 radical (unpaired) electrons. The highest BCUT2D eigenvalue weighted by atomic mass is 79.9. The molecule has 1 aromatic carbocycles. The van der Waals surface area contributed by atoms with Gasteiger partial charge in [-0.2, -0.15) is 0 Å². The third-order valence-corrected chi connectivity index (χ3v) is 4.37. The maximum atomic E-state index is 3.62. The first-order chi connectivity index (χ1) is 6.97. The number of nitrogens with one attached hydrogen (secondary N) is 1. The van der Waals surface area contributed by atoms with Crippen molar-refractivity contribution < 1.29 is 0 Å². The molecule has 1 unspecified atom stereocenters. The van der Waals surface area contributed by atoms with Crippen LogP contribution in [0.3, 0.4) is 0 Å². The van der Waals surface area contributed by atoms with E-state index in [9.17, 15) is 0 Å². The van der Waals surface area contributed by atoms with Crippen LogP contribution >= 0.6 is 27.7 Å². The normalized spacial score (nSPS) is 20.7. The van der Waals surface area contributed by atoms with Gasteiger partial charge in [-0.15, -0.1) is 11.8 Å². The number of thioether (sulfide) groups is 1.